The maximum Gasteiger partial charge on any atom is 0.446 e. The van der Waals surface area contributed by atoms with E-state index >= 15 is 0 Å². The highest BCUT2D eigenvalue weighted by Crippen LogP contribution is 2.28. The van der Waals surface area contributed by atoms with Gasteiger partial charge in [-0.1, -0.05) is 5.16 Å². The highest BCUT2D eigenvalue weighted by molar-refractivity contribution is 9.10. The molecule has 0 aliphatic carbocycles. The Morgan fingerprint density at radius 2 is 2.08 bits per heavy atom. The molecule has 4 rings (SSSR count). The number of hydrogen-bond donors (Lipinski definition) is 1. The number of furan rings is 1. The van der Waals surface area contributed by atoms with Gasteiger partial charge in [0.05, 0.1) is 22.1 Å². The summed E-state index contributed by atoms with van der Waals surface area (Å²) in [5.41, 5.74) is 1.05. The van der Waals surface area contributed by atoms with Crippen LogP contribution in [0.25, 0.3) is 17.2 Å². The second kappa shape index (κ2) is 6.02. The van der Waals surface area contributed by atoms with Crippen molar-refractivity contribution in [3.63, 3.8) is 0 Å². The minimum Gasteiger partial charge on any atom is -0.470 e. The smallest absolute Gasteiger partial charge is 0.446 e. The van der Waals surface area contributed by atoms with E-state index in [4.69, 9.17) is 13.6 Å². The topological polar surface area (TPSA) is 112 Å². The van der Waals surface area contributed by atoms with E-state index in [1.54, 1.807) is 6.07 Å². The van der Waals surface area contributed by atoms with Crippen LogP contribution in [0.2, 0.25) is 0 Å². The van der Waals surface area contributed by atoms with E-state index < -0.39 is 11.6 Å². The number of nitrogens with zero attached hydrogens (tertiary/aromatic N) is 4. The van der Waals surface area contributed by atoms with Gasteiger partial charge in [0.2, 0.25) is 11.6 Å². The average molecular weight is 408 g/mol. The summed E-state index contributed by atoms with van der Waals surface area (Å²) >= 11 is 3.07. The first-order valence-electron chi connectivity index (χ1n) is 6.80. The number of halogens is 2. The molecule has 1 N–H and O–H groups in total. The van der Waals surface area contributed by atoms with Gasteiger partial charge in [0.15, 0.2) is 5.69 Å². The van der Waals surface area contributed by atoms with Crippen LogP contribution in [0.4, 0.5) is 15.9 Å². The highest BCUT2D eigenvalue weighted by atomic mass is 79.9. The molecule has 25 heavy (non-hydrogen) atoms. The maximum atomic E-state index is 13.5. The Morgan fingerprint density at radius 1 is 1.20 bits per heavy atom. The summed E-state index contributed by atoms with van der Waals surface area (Å²) in [4.78, 5) is 12.1. The molecule has 0 atom stereocenters. The summed E-state index contributed by atoms with van der Waals surface area (Å²) in [6.45, 7) is 0. The largest absolute Gasteiger partial charge is 0.470 e. The maximum absolute atomic E-state index is 13.5. The Balaban J connectivity index is 1.82. The van der Waals surface area contributed by atoms with Crippen molar-refractivity contribution < 1.29 is 18.0 Å². The average Bonchev–Trinajstić information content (AvgIpc) is 3.32. The van der Waals surface area contributed by atoms with Crippen LogP contribution in [-0.2, 0) is 0 Å². The minimum atomic E-state index is -0.772. The van der Waals surface area contributed by atoms with E-state index in [2.05, 4.69) is 36.7 Å². The molecular weight excluding hydrogens is 401 g/mol. The lowest BCUT2D eigenvalue weighted by Crippen LogP contribution is -2.13. The minimum absolute atomic E-state index is 0.0377. The second-order valence-electron chi connectivity index (χ2n) is 4.80. The molecule has 0 amide bonds. The fraction of sp³-hybridized carbons (Fsp3) is 0. The molecule has 0 spiro atoms. The van der Waals surface area contributed by atoms with E-state index in [1.807, 2.05) is 0 Å². The van der Waals surface area contributed by atoms with Gasteiger partial charge in [0.1, 0.15) is 12.1 Å². The number of hydrogen-bond acceptors (Lipinski definition) is 8. The molecule has 0 unspecified atom stereocenters. The summed E-state index contributed by atoms with van der Waals surface area (Å²) in [6.07, 6.45) is 2.92. The number of anilines is 2. The quantitative estimate of drug-likeness (QED) is 0.548. The third-order valence-electron chi connectivity index (χ3n) is 3.25. The monoisotopic (exact) mass is 407 g/mol. The van der Waals surface area contributed by atoms with E-state index in [1.165, 1.54) is 30.7 Å². The van der Waals surface area contributed by atoms with Crippen LogP contribution in [0, 0.1) is 5.82 Å². The van der Waals surface area contributed by atoms with Crippen molar-refractivity contribution in [3.05, 3.63) is 57.6 Å². The van der Waals surface area contributed by atoms with Crippen molar-refractivity contribution in [1.29, 1.82) is 0 Å². The van der Waals surface area contributed by atoms with Crippen LogP contribution >= 0.6 is 15.9 Å². The Kier molecular flexibility index (Phi) is 3.69. The Hall–Kier alpha value is -3.21. The summed E-state index contributed by atoms with van der Waals surface area (Å²) in [5.74, 6) is -1.01. The third kappa shape index (κ3) is 2.74. The summed E-state index contributed by atoms with van der Waals surface area (Å²) < 4.78 is 29.2. The molecular formula is C14H7BrFN5O4. The predicted octanol–water partition coefficient (Wildman–Crippen LogP) is 3.11. The fourth-order valence-electron chi connectivity index (χ4n) is 2.14. The van der Waals surface area contributed by atoms with Gasteiger partial charge in [-0.25, -0.2) is 18.4 Å². The lowest BCUT2D eigenvalue weighted by Gasteiger charge is -2.05. The fourth-order valence-corrected chi connectivity index (χ4v) is 2.51. The molecule has 0 radical (unpaired) electrons. The highest BCUT2D eigenvalue weighted by Gasteiger charge is 2.23. The first-order chi connectivity index (χ1) is 12.1. The van der Waals surface area contributed by atoms with Crippen molar-refractivity contribution in [3.8, 4) is 17.2 Å². The van der Waals surface area contributed by atoms with Crippen LogP contribution < -0.4 is 11.1 Å². The third-order valence-corrected chi connectivity index (χ3v) is 3.86. The van der Waals surface area contributed by atoms with Crippen LogP contribution in [0.5, 0.6) is 0 Å². The summed E-state index contributed by atoms with van der Waals surface area (Å²) in [7, 11) is 0. The lowest BCUT2D eigenvalue weighted by atomic mass is 10.3. The first-order valence-corrected chi connectivity index (χ1v) is 7.59. The number of nitrogens with one attached hydrogen (secondary N) is 1. The molecule has 9 nitrogen and oxygen atoms in total. The number of benzene rings is 1. The van der Waals surface area contributed by atoms with Crippen molar-refractivity contribution >= 4 is 27.4 Å². The van der Waals surface area contributed by atoms with Crippen LogP contribution in [0.1, 0.15) is 0 Å². The van der Waals surface area contributed by atoms with Gasteiger partial charge < -0.3 is 9.73 Å². The molecule has 0 fully saturated rings. The molecule has 126 valence electrons. The van der Waals surface area contributed by atoms with Gasteiger partial charge in [-0.3, -0.25) is 4.52 Å². The zero-order valence-corrected chi connectivity index (χ0v) is 13.7. The zero-order valence-electron chi connectivity index (χ0n) is 12.1. The van der Waals surface area contributed by atoms with Crippen molar-refractivity contribution in [2.45, 2.75) is 0 Å². The Bertz CT molecular complexity index is 1090. The Labute approximate surface area is 146 Å². The standard InChI is InChI=1S/C14H7BrFN5O4/c15-9-5-8(1-2-10(9)16)21-13(20-24-14(21)22)11-12(19-25-18-11)17-7-3-4-23-6-7/h1-6H,(H,17,19). The zero-order chi connectivity index (χ0) is 17.4. The van der Waals surface area contributed by atoms with Crippen molar-refractivity contribution in [2.75, 3.05) is 5.32 Å². The predicted molar refractivity (Wildman–Crippen MR) is 85.0 cm³/mol. The molecule has 1 aromatic carbocycles. The van der Waals surface area contributed by atoms with Crippen LogP contribution in [0.3, 0.4) is 0 Å². The molecule has 3 aromatic heterocycles. The van der Waals surface area contributed by atoms with Gasteiger partial charge in [-0.15, -0.1) is 0 Å². The van der Waals surface area contributed by atoms with Crippen molar-refractivity contribution in [1.82, 2.24) is 20.0 Å². The van der Waals surface area contributed by atoms with E-state index in [-0.39, 0.29) is 21.8 Å². The van der Waals surface area contributed by atoms with Crippen LogP contribution in [-0.4, -0.2) is 20.0 Å². The molecule has 0 saturated heterocycles. The second-order valence-corrected chi connectivity index (χ2v) is 5.66. The van der Waals surface area contributed by atoms with E-state index in [0.717, 1.165) is 4.57 Å². The van der Waals surface area contributed by atoms with Crippen LogP contribution in [0.15, 0.2) is 59.6 Å². The number of rotatable bonds is 4. The first kappa shape index (κ1) is 15.3. The summed E-state index contributed by atoms with van der Waals surface area (Å²) in [5, 5.41) is 14.1. The van der Waals surface area contributed by atoms with Gasteiger partial charge in [0.25, 0.3) is 0 Å². The summed E-state index contributed by atoms with van der Waals surface area (Å²) in [6, 6.07) is 5.67. The molecule has 11 heteroatoms. The normalized spacial score (nSPS) is 11.0. The Morgan fingerprint density at radius 3 is 2.84 bits per heavy atom. The molecule has 4 aromatic rings. The van der Waals surface area contributed by atoms with Crippen molar-refractivity contribution in [2.24, 2.45) is 0 Å². The number of aromatic nitrogens is 4. The molecule has 3 heterocycles. The molecule has 0 aliphatic rings. The van der Waals surface area contributed by atoms with Gasteiger partial charge in [-0.05, 0) is 50.5 Å². The lowest BCUT2D eigenvalue weighted by molar-refractivity contribution is 0.309. The van der Waals surface area contributed by atoms with Gasteiger partial charge in [0, 0.05) is 0 Å². The van der Waals surface area contributed by atoms with Gasteiger partial charge >= 0.3 is 5.76 Å². The van der Waals surface area contributed by atoms with E-state index in [9.17, 15) is 9.18 Å². The molecule has 0 aliphatic heterocycles. The SMILES string of the molecule is O=c1onc(-c2nonc2Nc2ccoc2)n1-c1ccc(F)c(Br)c1. The molecule has 0 saturated carbocycles. The van der Waals surface area contributed by atoms with E-state index in [0.29, 0.717) is 11.4 Å². The van der Waals surface area contributed by atoms with Gasteiger partial charge in [-0.2, -0.15) is 0 Å². The molecule has 0 bridgehead atoms.